The molecule has 80 valence electrons. The summed E-state index contributed by atoms with van der Waals surface area (Å²) in [5, 5.41) is 17.8. The summed E-state index contributed by atoms with van der Waals surface area (Å²) in [6, 6.07) is 9.45. The molecule has 0 aliphatic rings. The first-order valence-electron chi connectivity index (χ1n) is 5.44. The van der Waals surface area contributed by atoms with Crippen molar-refractivity contribution in [1.29, 1.82) is 5.26 Å². The smallest absolute Gasteiger partial charge is 0.165 e. The first-order valence-corrected chi connectivity index (χ1v) is 5.44. The van der Waals surface area contributed by atoms with Crippen LogP contribution in [-0.4, -0.2) is 5.11 Å². The lowest BCUT2D eigenvalue weighted by molar-refractivity contribution is 0.236. The van der Waals surface area contributed by atoms with Gasteiger partial charge in [-0.05, 0) is 24.0 Å². The molecule has 15 heavy (non-hydrogen) atoms. The van der Waals surface area contributed by atoms with E-state index in [0.717, 1.165) is 6.42 Å². The zero-order valence-electron chi connectivity index (χ0n) is 9.11. The SMILES string of the molecule is CCCCCc1ccc(C(O)C#N)cc1. The number of aliphatic hydroxyl groups excluding tert-OH is 1. The molecule has 2 heteroatoms. The van der Waals surface area contributed by atoms with Crippen molar-refractivity contribution in [3.8, 4) is 6.07 Å². The number of nitrogens with zero attached hydrogens (tertiary/aromatic N) is 1. The summed E-state index contributed by atoms with van der Waals surface area (Å²) in [5.74, 6) is 0. The Labute approximate surface area is 91.2 Å². The Balaban J connectivity index is 2.53. The number of rotatable bonds is 5. The van der Waals surface area contributed by atoms with Gasteiger partial charge in [0.25, 0.3) is 0 Å². The van der Waals surface area contributed by atoms with Crippen LogP contribution in [0.2, 0.25) is 0 Å². The van der Waals surface area contributed by atoms with E-state index >= 15 is 0 Å². The summed E-state index contributed by atoms with van der Waals surface area (Å²) in [6.45, 7) is 2.19. The van der Waals surface area contributed by atoms with E-state index < -0.39 is 6.10 Å². The largest absolute Gasteiger partial charge is 0.374 e. The minimum Gasteiger partial charge on any atom is -0.374 e. The lowest BCUT2D eigenvalue weighted by atomic mass is 10.0. The average molecular weight is 203 g/mol. The van der Waals surface area contributed by atoms with E-state index in [-0.39, 0.29) is 0 Å². The molecule has 2 nitrogen and oxygen atoms in total. The van der Waals surface area contributed by atoms with E-state index in [4.69, 9.17) is 5.26 Å². The van der Waals surface area contributed by atoms with Crippen LogP contribution in [0.25, 0.3) is 0 Å². The van der Waals surface area contributed by atoms with Gasteiger partial charge in [0, 0.05) is 0 Å². The molecular formula is C13H17NO. The Bertz CT molecular complexity index is 323. The van der Waals surface area contributed by atoms with Crippen molar-refractivity contribution in [2.75, 3.05) is 0 Å². The van der Waals surface area contributed by atoms with Crippen LogP contribution in [0.15, 0.2) is 24.3 Å². The van der Waals surface area contributed by atoms with E-state index in [9.17, 15) is 5.11 Å². The molecule has 0 aromatic heterocycles. The van der Waals surface area contributed by atoms with Gasteiger partial charge in [0.15, 0.2) is 6.10 Å². The average Bonchev–Trinajstić information content (AvgIpc) is 2.29. The van der Waals surface area contributed by atoms with E-state index in [0.29, 0.717) is 5.56 Å². The molecule has 0 heterocycles. The van der Waals surface area contributed by atoms with Gasteiger partial charge in [-0.1, -0.05) is 44.0 Å². The Morgan fingerprint density at radius 1 is 1.27 bits per heavy atom. The maximum absolute atomic E-state index is 9.27. The van der Waals surface area contributed by atoms with Crippen molar-refractivity contribution < 1.29 is 5.11 Å². The molecule has 1 N–H and O–H groups in total. The molecule has 1 atom stereocenters. The van der Waals surface area contributed by atoms with Gasteiger partial charge >= 0.3 is 0 Å². The second-order valence-corrected chi connectivity index (χ2v) is 3.73. The third-order valence-corrected chi connectivity index (χ3v) is 2.49. The third-order valence-electron chi connectivity index (χ3n) is 2.49. The summed E-state index contributed by atoms with van der Waals surface area (Å²) >= 11 is 0. The van der Waals surface area contributed by atoms with E-state index in [1.54, 1.807) is 0 Å². The van der Waals surface area contributed by atoms with Crippen LogP contribution in [0, 0.1) is 11.3 Å². The summed E-state index contributed by atoms with van der Waals surface area (Å²) < 4.78 is 0. The highest BCUT2D eigenvalue weighted by atomic mass is 16.3. The molecule has 0 aliphatic heterocycles. The minimum absolute atomic E-state index is 0.678. The fourth-order valence-corrected chi connectivity index (χ4v) is 1.52. The van der Waals surface area contributed by atoms with Gasteiger partial charge in [0.05, 0.1) is 6.07 Å². The number of aliphatic hydroxyl groups is 1. The van der Waals surface area contributed by atoms with E-state index in [1.807, 2.05) is 30.3 Å². The first kappa shape index (κ1) is 11.7. The quantitative estimate of drug-likeness (QED) is 0.590. The first-order chi connectivity index (χ1) is 7.27. The molecule has 1 aromatic rings. The Morgan fingerprint density at radius 3 is 2.47 bits per heavy atom. The summed E-state index contributed by atoms with van der Waals surface area (Å²) in [5.41, 5.74) is 1.95. The Kier molecular flexibility index (Phi) is 4.86. The van der Waals surface area contributed by atoms with Crippen molar-refractivity contribution in [1.82, 2.24) is 0 Å². The summed E-state index contributed by atoms with van der Waals surface area (Å²) in [4.78, 5) is 0. The van der Waals surface area contributed by atoms with Crippen molar-refractivity contribution in [3.63, 3.8) is 0 Å². The molecule has 0 saturated carbocycles. The van der Waals surface area contributed by atoms with Crippen molar-refractivity contribution in [2.24, 2.45) is 0 Å². The molecule has 0 saturated heterocycles. The number of hydrogen-bond acceptors (Lipinski definition) is 2. The highest BCUT2D eigenvalue weighted by molar-refractivity contribution is 5.26. The molecular weight excluding hydrogens is 186 g/mol. The zero-order valence-corrected chi connectivity index (χ0v) is 9.11. The van der Waals surface area contributed by atoms with Crippen LogP contribution >= 0.6 is 0 Å². The van der Waals surface area contributed by atoms with Crippen LogP contribution in [0.1, 0.15) is 43.4 Å². The van der Waals surface area contributed by atoms with Gasteiger partial charge in [-0.15, -0.1) is 0 Å². The maximum Gasteiger partial charge on any atom is 0.165 e. The van der Waals surface area contributed by atoms with Crippen molar-refractivity contribution in [3.05, 3.63) is 35.4 Å². The topological polar surface area (TPSA) is 44.0 Å². The van der Waals surface area contributed by atoms with Crippen molar-refractivity contribution >= 4 is 0 Å². The van der Waals surface area contributed by atoms with Gasteiger partial charge in [-0.25, -0.2) is 0 Å². The summed E-state index contributed by atoms with van der Waals surface area (Å²) in [6.07, 6.45) is 3.77. The highest BCUT2D eigenvalue weighted by Crippen LogP contribution is 2.14. The Morgan fingerprint density at radius 2 is 1.93 bits per heavy atom. The third kappa shape index (κ3) is 3.73. The summed E-state index contributed by atoms with van der Waals surface area (Å²) in [7, 11) is 0. The second-order valence-electron chi connectivity index (χ2n) is 3.73. The highest BCUT2D eigenvalue weighted by Gasteiger charge is 2.04. The number of benzene rings is 1. The molecule has 0 radical (unpaired) electrons. The van der Waals surface area contributed by atoms with E-state index in [1.165, 1.54) is 24.8 Å². The number of unbranched alkanes of at least 4 members (excludes halogenated alkanes) is 2. The molecule has 0 aliphatic carbocycles. The number of aryl methyl sites for hydroxylation is 1. The predicted molar refractivity (Wildman–Crippen MR) is 60.2 cm³/mol. The van der Waals surface area contributed by atoms with Crippen LogP contribution in [0.3, 0.4) is 0 Å². The molecule has 0 bridgehead atoms. The van der Waals surface area contributed by atoms with Crippen LogP contribution < -0.4 is 0 Å². The lowest BCUT2D eigenvalue weighted by Crippen LogP contribution is -1.93. The molecule has 0 spiro atoms. The monoisotopic (exact) mass is 203 g/mol. The predicted octanol–water partition coefficient (Wildman–Crippen LogP) is 2.98. The van der Waals surface area contributed by atoms with Crippen LogP contribution in [0.4, 0.5) is 0 Å². The van der Waals surface area contributed by atoms with Gasteiger partial charge < -0.3 is 5.11 Å². The normalized spacial score (nSPS) is 12.1. The van der Waals surface area contributed by atoms with Gasteiger partial charge in [0.2, 0.25) is 0 Å². The second kappa shape index (κ2) is 6.21. The molecule has 1 aromatic carbocycles. The molecule has 1 unspecified atom stereocenters. The number of nitriles is 1. The molecule has 1 rings (SSSR count). The zero-order chi connectivity index (χ0) is 11.1. The molecule has 0 fully saturated rings. The maximum atomic E-state index is 9.27. The fourth-order valence-electron chi connectivity index (χ4n) is 1.52. The minimum atomic E-state index is -0.991. The van der Waals surface area contributed by atoms with E-state index in [2.05, 4.69) is 6.92 Å². The van der Waals surface area contributed by atoms with Crippen LogP contribution in [0.5, 0.6) is 0 Å². The standard InChI is InChI=1S/C13H17NO/c1-2-3-4-5-11-6-8-12(9-7-11)13(15)10-14/h6-9,13,15H,2-5H2,1H3. The van der Waals surface area contributed by atoms with Gasteiger partial charge in [0.1, 0.15) is 0 Å². The lowest BCUT2D eigenvalue weighted by Gasteiger charge is -2.04. The number of hydrogen-bond donors (Lipinski definition) is 1. The fraction of sp³-hybridized carbons (Fsp3) is 0.462. The van der Waals surface area contributed by atoms with Crippen LogP contribution in [-0.2, 0) is 6.42 Å². The van der Waals surface area contributed by atoms with Gasteiger partial charge in [-0.3, -0.25) is 0 Å². The van der Waals surface area contributed by atoms with Gasteiger partial charge in [-0.2, -0.15) is 5.26 Å². The molecule has 0 amide bonds. The Hall–Kier alpha value is -1.33. The van der Waals surface area contributed by atoms with Crippen molar-refractivity contribution in [2.45, 2.75) is 38.7 Å².